The second kappa shape index (κ2) is 19.9. The number of hydrogen-bond donors (Lipinski definition) is 0. The van der Waals surface area contributed by atoms with Crippen molar-refractivity contribution in [3.8, 4) is 33.4 Å². The van der Waals surface area contributed by atoms with Gasteiger partial charge in [-0.3, -0.25) is 0 Å². The molecule has 0 amide bonds. The topological polar surface area (TPSA) is 9.72 Å². The zero-order valence-corrected chi connectivity index (χ0v) is 41.3. The van der Waals surface area contributed by atoms with E-state index >= 15 is 0 Å². The second-order valence-electron chi connectivity index (χ2n) is 18.9. The first-order valence-electron chi connectivity index (χ1n) is 25.7. The molecule has 13 aromatic carbocycles. The summed E-state index contributed by atoms with van der Waals surface area (Å²) >= 11 is 0. The van der Waals surface area contributed by atoms with Gasteiger partial charge >= 0.3 is 0 Å². The van der Waals surface area contributed by atoms with Crippen LogP contribution in [0.15, 0.2) is 309 Å². The first-order chi connectivity index (χ1) is 37.2. The molecule has 0 radical (unpaired) electrons. The smallest absolute Gasteiger partial charge is 0.0946 e. The minimum Gasteiger partial charge on any atom is -0.308 e. The lowest BCUT2D eigenvalue weighted by Crippen LogP contribution is -2.21. The fourth-order valence-electron chi connectivity index (χ4n) is 10.8. The van der Waals surface area contributed by atoms with Crippen LogP contribution in [-0.2, 0) is 0 Å². The highest BCUT2D eigenvalue weighted by Gasteiger charge is 2.30. The molecule has 13 rings (SSSR count). The zero-order valence-electron chi connectivity index (χ0n) is 41.3. The number of anilines is 9. The van der Waals surface area contributed by atoms with Gasteiger partial charge in [0.2, 0.25) is 0 Å². The summed E-state index contributed by atoms with van der Waals surface area (Å²) in [5, 5.41) is 6.92. The van der Waals surface area contributed by atoms with Crippen LogP contribution in [0.25, 0.3) is 65.7 Å². The van der Waals surface area contributed by atoms with E-state index in [-0.39, 0.29) is 0 Å². The number of benzene rings is 13. The van der Waals surface area contributed by atoms with Gasteiger partial charge in [0, 0.05) is 33.2 Å². The summed E-state index contributed by atoms with van der Waals surface area (Å²) < 4.78 is 0. The van der Waals surface area contributed by atoms with E-state index in [9.17, 15) is 0 Å². The SMILES string of the molecule is c1ccc(-c2ccc(N(c3cccc(N(c4ccc(-c5ccccc5)cc4)c4cccc5ccccc45)c3N(c3ccc(-c4ccccc4)cc3)c3cccc4ccccc34)c3cccc4ccccc34)cc2)cc1. The van der Waals surface area contributed by atoms with Crippen LogP contribution >= 0.6 is 0 Å². The van der Waals surface area contributed by atoms with E-state index in [0.717, 1.165) is 100 Å². The van der Waals surface area contributed by atoms with Crippen LogP contribution in [0.1, 0.15) is 0 Å². The Hall–Kier alpha value is -9.96. The number of hydrogen-bond acceptors (Lipinski definition) is 3. The molecule has 0 aromatic heterocycles. The number of para-hydroxylation sites is 1. The second-order valence-corrected chi connectivity index (χ2v) is 18.9. The van der Waals surface area contributed by atoms with Gasteiger partial charge in [0.15, 0.2) is 0 Å². The van der Waals surface area contributed by atoms with E-state index in [2.05, 4.69) is 324 Å². The molecule has 0 unspecified atom stereocenters. The molecule has 3 heteroatoms. The van der Waals surface area contributed by atoms with Gasteiger partial charge in [0.05, 0.1) is 34.1 Å². The summed E-state index contributed by atoms with van der Waals surface area (Å²) in [7, 11) is 0. The summed E-state index contributed by atoms with van der Waals surface area (Å²) in [6, 6.07) is 112. The van der Waals surface area contributed by atoms with Crippen molar-refractivity contribution in [2.45, 2.75) is 0 Å². The standard InChI is InChI=1S/C72H51N3/c1-4-20-52(21-5-1)55-40-46-61(47-41-55)73(67-35-16-29-58-26-10-13-32-64(58)67)70-38-19-39-71(74(68-36-17-30-59-27-11-14-33-65(59)68)62-48-42-56(43-49-62)53-22-6-2-7-23-53)72(70)75(69-37-18-31-60-28-12-15-34-66(60)69)63-50-44-57(45-51-63)54-24-8-3-9-25-54/h1-51H. The van der Waals surface area contributed by atoms with E-state index in [1.165, 1.54) is 16.7 Å². The lowest BCUT2D eigenvalue weighted by Gasteiger charge is -2.38. The van der Waals surface area contributed by atoms with Crippen molar-refractivity contribution in [3.63, 3.8) is 0 Å². The largest absolute Gasteiger partial charge is 0.308 e. The fraction of sp³-hybridized carbons (Fsp3) is 0. The molecule has 3 nitrogen and oxygen atoms in total. The average Bonchev–Trinajstić information content (AvgIpc) is 3.51. The first kappa shape index (κ1) is 44.9. The Labute approximate surface area is 438 Å². The van der Waals surface area contributed by atoms with Gasteiger partial charge in [-0.05, 0) is 116 Å². The zero-order chi connectivity index (χ0) is 49.9. The van der Waals surface area contributed by atoms with Gasteiger partial charge in [-0.2, -0.15) is 0 Å². The fourth-order valence-corrected chi connectivity index (χ4v) is 10.8. The lowest BCUT2D eigenvalue weighted by molar-refractivity contribution is 1.21. The Balaban J connectivity index is 1.15. The van der Waals surface area contributed by atoms with Crippen LogP contribution in [0.5, 0.6) is 0 Å². The van der Waals surface area contributed by atoms with Gasteiger partial charge < -0.3 is 14.7 Å². The monoisotopic (exact) mass is 957 g/mol. The normalized spacial score (nSPS) is 11.2. The van der Waals surface area contributed by atoms with Gasteiger partial charge in [-0.15, -0.1) is 0 Å². The molecule has 0 aliphatic carbocycles. The predicted octanol–water partition coefficient (Wildman–Crippen LogP) is 20.6. The molecule has 75 heavy (non-hydrogen) atoms. The van der Waals surface area contributed by atoms with Crippen molar-refractivity contribution in [2.24, 2.45) is 0 Å². The average molecular weight is 958 g/mol. The van der Waals surface area contributed by atoms with Gasteiger partial charge in [0.1, 0.15) is 0 Å². The maximum atomic E-state index is 2.51. The van der Waals surface area contributed by atoms with Crippen molar-refractivity contribution in [1.82, 2.24) is 0 Å². The highest BCUT2D eigenvalue weighted by atomic mass is 15.3. The third-order valence-electron chi connectivity index (χ3n) is 14.4. The van der Waals surface area contributed by atoms with E-state index < -0.39 is 0 Å². The van der Waals surface area contributed by atoms with Crippen LogP contribution in [0.3, 0.4) is 0 Å². The number of fused-ring (bicyclic) bond motifs is 3. The van der Waals surface area contributed by atoms with Crippen molar-refractivity contribution in [1.29, 1.82) is 0 Å². The Bertz CT molecular complexity index is 3900. The van der Waals surface area contributed by atoms with E-state index in [1.54, 1.807) is 0 Å². The Morgan fingerprint density at radius 3 is 0.747 bits per heavy atom. The minimum absolute atomic E-state index is 1.00. The van der Waals surface area contributed by atoms with Crippen LogP contribution < -0.4 is 14.7 Å². The molecule has 0 spiro atoms. The third kappa shape index (κ3) is 8.63. The van der Waals surface area contributed by atoms with Crippen LogP contribution in [0.4, 0.5) is 51.2 Å². The molecule has 0 aliphatic rings. The van der Waals surface area contributed by atoms with E-state index in [4.69, 9.17) is 0 Å². The molecule has 0 aliphatic heterocycles. The summed E-state index contributed by atoms with van der Waals surface area (Å²) in [6.07, 6.45) is 0. The van der Waals surface area contributed by atoms with Crippen LogP contribution in [0.2, 0.25) is 0 Å². The van der Waals surface area contributed by atoms with E-state index in [0.29, 0.717) is 0 Å². The Morgan fingerprint density at radius 2 is 0.400 bits per heavy atom. The van der Waals surface area contributed by atoms with Crippen LogP contribution in [-0.4, -0.2) is 0 Å². The van der Waals surface area contributed by atoms with Crippen molar-refractivity contribution < 1.29 is 0 Å². The van der Waals surface area contributed by atoms with Gasteiger partial charge in [0.25, 0.3) is 0 Å². The Morgan fingerprint density at radius 1 is 0.160 bits per heavy atom. The highest BCUT2D eigenvalue weighted by molar-refractivity contribution is 6.10. The molecule has 0 saturated carbocycles. The van der Waals surface area contributed by atoms with Crippen molar-refractivity contribution in [2.75, 3.05) is 14.7 Å². The molecular weight excluding hydrogens is 907 g/mol. The third-order valence-corrected chi connectivity index (χ3v) is 14.4. The van der Waals surface area contributed by atoms with Gasteiger partial charge in [-0.1, -0.05) is 243 Å². The summed E-state index contributed by atoms with van der Waals surface area (Å²) in [5.41, 5.74) is 16.3. The quantitative estimate of drug-likeness (QED) is 0.121. The number of rotatable bonds is 12. The Kier molecular flexibility index (Phi) is 11.9. The summed E-state index contributed by atoms with van der Waals surface area (Å²) in [4.78, 5) is 7.47. The highest BCUT2D eigenvalue weighted by Crippen LogP contribution is 2.55. The molecule has 0 atom stereocenters. The first-order valence-corrected chi connectivity index (χ1v) is 25.7. The predicted molar refractivity (Wildman–Crippen MR) is 319 cm³/mol. The summed E-state index contributed by atoms with van der Waals surface area (Å²) in [6.45, 7) is 0. The number of nitrogens with zero attached hydrogens (tertiary/aromatic N) is 3. The van der Waals surface area contributed by atoms with Crippen LogP contribution in [0, 0.1) is 0 Å². The summed E-state index contributed by atoms with van der Waals surface area (Å²) in [5.74, 6) is 0. The van der Waals surface area contributed by atoms with Crippen molar-refractivity contribution in [3.05, 3.63) is 309 Å². The molecule has 0 fully saturated rings. The molecule has 0 N–H and O–H groups in total. The molecule has 354 valence electrons. The molecule has 0 heterocycles. The minimum atomic E-state index is 1.00. The molecule has 13 aromatic rings. The van der Waals surface area contributed by atoms with Gasteiger partial charge in [-0.25, -0.2) is 0 Å². The van der Waals surface area contributed by atoms with Crippen molar-refractivity contribution >= 4 is 83.5 Å². The maximum Gasteiger partial charge on any atom is 0.0946 e. The molecular formula is C72H51N3. The molecule has 0 bridgehead atoms. The maximum absolute atomic E-state index is 2.51. The van der Waals surface area contributed by atoms with E-state index in [1.807, 2.05) is 0 Å². The lowest BCUT2D eigenvalue weighted by atomic mass is 10.00. The molecule has 0 saturated heterocycles.